The molecular formula is C25H26OSi. The standard InChI is InChI=1S/C25H26OSi/c1-27(2,23-16-10-5-11-17-23)24(19-18-21-12-6-3-7-13-21)20-25(26)22-14-8-4-9-15-22/h3-19,24H,20H2,1-2H3/b19-18+/t24-/m1/s1. The van der Waals surface area contributed by atoms with Gasteiger partial charge in [0, 0.05) is 12.0 Å². The van der Waals surface area contributed by atoms with Gasteiger partial charge in [-0.2, -0.15) is 0 Å². The highest BCUT2D eigenvalue weighted by molar-refractivity contribution is 6.91. The van der Waals surface area contributed by atoms with Gasteiger partial charge in [0.15, 0.2) is 5.78 Å². The molecule has 0 bridgehead atoms. The molecular weight excluding hydrogens is 344 g/mol. The lowest BCUT2D eigenvalue weighted by Crippen LogP contribution is -2.46. The van der Waals surface area contributed by atoms with Crippen molar-refractivity contribution >= 4 is 25.1 Å². The predicted molar refractivity (Wildman–Crippen MR) is 118 cm³/mol. The molecule has 0 aliphatic carbocycles. The molecule has 0 saturated heterocycles. The number of hydrogen-bond donors (Lipinski definition) is 0. The maximum absolute atomic E-state index is 12.9. The third kappa shape index (κ3) is 4.93. The molecule has 1 atom stereocenters. The lowest BCUT2D eigenvalue weighted by atomic mass is 10.1. The van der Waals surface area contributed by atoms with Crippen molar-refractivity contribution in [3.8, 4) is 0 Å². The van der Waals surface area contributed by atoms with E-state index in [4.69, 9.17) is 0 Å². The Morgan fingerprint density at radius 3 is 1.93 bits per heavy atom. The Balaban J connectivity index is 1.91. The largest absolute Gasteiger partial charge is 0.294 e. The fourth-order valence-corrected chi connectivity index (χ4v) is 6.13. The molecule has 2 heteroatoms. The lowest BCUT2D eigenvalue weighted by Gasteiger charge is -2.31. The summed E-state index contributed by atoms with van der Waals surface area (Å²) in [7, 11) is -1.87. The molecule has 0 aliphatic rings. The number of rotatable bonds is 7. The average molecular weight is 371 g/mol. The Morgan fingerprint density at radius 2 is 1.33 bits per heavy atom. The number of carbonyl (C=O) groups is 1. The van der Waals surface area contributed by atoms with Gasteiger partial charge in [-0.05, 0) is 11.1 Å². The molecule has 1 nitrogen and oxygen atoms in total. The number of benzene rings is 3. The van der Waals surface area contributed by atoms with Crippen LogP contribution in [0.5, 0.6) is 0 Å². The lowest BCUT2D eigenvalue weighted by molar-refractivity contribution is 0.0983. The second-order valence-electron chi connectivity index (χ2n) is 7.46. The van der Waals surface area contributed by atoms with E-state index in [1.54, 1.807) is 0 Å². The van der Waals surface area contributed by atoms with E-state index < -0.39 is 8.07 Å². The van der Waals surface area contributed by atoms with E-state index in [1.165, 1.54) is 10.8 Å². The zero-order chi connectivity index (χ0) is 19.1. The van der Waals surface area contributed by atoms with Gasteiger partial charge >= 0.3 is 0 Å². The maximum atomic E-state index is 12.9. The van der Waals surface area contributed by atoms with Crippen molar-refractivity contribution in [2.45, 2.75) is 25.1 Å². The highest BCUT2D eigenvalue weighted by Crippen LogP contribution is 2.29. The van der Waals surface area contributed by atoms with Gasteiger partial charge in [0.25, 0.3) is 0 Å². The first kappa shape index (κ1) is 19.1. The summed E-state index contributed by atoms with van der Waals surface area (Å²) in [5.41, 5.74) is 2.20. The van der Waals surface area contributed by atoms with Crippen LogP contribution in [0.1, 0.15) is 22.3 Å². The summed E-state index contributed by atoms with van der Waals surface area (Å²) >= 11 is 0. The summed E-state index contributed by atoms with van der Waals surface area (Å²) in [5, 5.41) is 1.38. The highest BCUT2D eigenvalue weighted by atomic mass is 28.3. The van der Waals surface area contributed by atoms with Gasteiger partial charge in [0.1, 0.15) is 0 Å². The molecule has 136 valence electrons. The van der Waals surface area contributed by atoms with Crippen LogP contribution >= 0.6 is 0 Å². The first-order valence-electron chi connectivity index (χ1n) is 9.44. The Hall–Kier alpha value is -2.71. The molecule has 0 radical (unpaired) electrons. The van der Waals surface area contributed by atoms with Gasteiger partial charge in [-0.1, -0.05) is 121 Å². The molecule has 0 aromatic heterocycles. The molecule has 3 aromatic rings. The van der Waals surface area contributed by atoms with E-state index in [2.05, 4.69) is 67.7 Å². The monoisotopic (exact) mass is 370 g/mol. The Morgan fingerprint density at radius 1 is 0.815 bits per heavy atom. The SMILES string of the molecule is C[Si](C)(c1ccccc1)[C@H](/C=C/c1ccccc1)CC(=O)c1ccccc1. The maximum Gasteiger partial charge on any atom is 0.163 e. The minimum absolute atomic E-state index is 0.217. The molecule has 3 rings (SSSR count). The highest BCUT2D eigenvalue weighted by Gasteiger charge is 2.33. The van der Waals surface area contributed by atoms with Gasteiger partial charge in [0.05, 0.1) is 8.07 Å². The summed E-state index contributed by atoms with van der Waals surface area (Å²) in [6.07, 6.45) is 4.97. The van der Waals surface area contributed by atoms with Gasteiger partial charge < -0.3 is 0 Å². The summed E-state index contributed by atoms with van der Waals surface area (Å²) < 4.78 is 0. The van der Waals surface area contributed by atoms with E-state index in [0.717, 1.165) is 5.56 Å². The second-order valence-corrected chi connectivity index (χ2v) is 12.2. The minimum atomic E-state index is -1.87. The van der Waals surface area contributed by atoms with Crippen molar-refractivity contribution in [1.29, 1.82) is 0 Å². The van der Waals surface area contributed by atoms with Crippen molar-refractivity contribution in [3.05, 3.63) is 108 Å². The van der Waals surface area contributed by atoms with Gasteiger partial charge in [-0.15, -0.1) is 0 Å². The van der Waals surface area contributed by atoms with Crippen LogP contribution in [0, 0.1) is 0 Å². The van der Waals surface area contributed by atoms with Crippen molar-refractivity contribution < 1.29 is 4.79 Å². The predicted octanol–water partition coefficient (Wildman–Crippen LogP) is 5.96. The van der Waals surface area contributed by atoms with Crippen LogP contribution in [0.2, 0.25) is 18.6 Å². The molecule has 0 saturated carbocycles. The third-order valence-electron chi connectivity index (χ3n) is 5.27. The topological polar surface area (TPSA) is 17.1 Å². The molecule has 0 aliphatic heterocycles. The van der Waals surface area contributed by atoms with Crippen LogP contribution in [0.15, 0.2) is 97.1 Å². The normalized spacial score (nSPS) is 12.8. The Labute approximate surface area is 163 Å². The molecule has 0 unspecified atom stereocenters. The first-order valence-corrected chi connectivity index (χ1v) is 12.5. The van der Waals surface area contributed by atoms with Gasteiger partial charge in [0.2, 0.25) is 0 Å². The van der Waals surface area contributed by atoms with Crippen molar-refractivity contribution in [2.75, 3.05) is 0 Å². The summed E-state index contributed by atoms with van der Waals surface area (Å²) in [6.45, 7) is 4.72. The zero-order valence-corrected chi connectivity index (χ0v) is 17.0. The number of allylic oxidation sites excluding steroid dienone is 1. The van der Waals surface area contributed by atoms with Crippen LogP contribution in [0.3, 0.4) is 0 Å². The van der Waals surface area contributed by atoms with Crippen LogP contribution in [0.4, 0.5) is 0 Å². The molecule has 0 amide bonds. The smallest absolute Gasteiger partial charge is 0.163 e. The quantitative estimate of drug-likeness (QED) is 0.370. The van der Waals surface area contributed by atoms with Crippen molar-refractivity contribution in [1.82, 2.24) is 0 Å². The van der Waals surface area contributed by atoms with Crippen LogP contribution < -0.4 is 5.19 Å². The summed E-state index contributed by atoms with van der Waals surface area (Å²) in [5.74, 6) is 0.217. The minimum Gasteiger partial charge on any atom is -0.294 e. The third-order valence-corrected chi connectivity index (χ3v) is 9.34. The molecule has 0 spiro atoms. The van der Waals surface area contributed by atoms with Gasteiger partial charge in [-0.3, -0.25) is 4.79 Å². The summed E-state index contributed by atoms with van der Waals surface area (Å²) in [6, 6.07) is 30.6. The Bertz CT molecular complexity index is 883. The van der Waals surface area contributed by atoms with E-state index in [-0.39, 0.29) is 11.3 Å². The van der Waals surface area contributed by atoms with Crippen molar-refractivity contribution in [3.63, 3.8) is 0 Å². The van der Waals surface area contributed by atoms with Crippen LogP contribution in [0.25, 0.3) is 6.08 Å². The van der Waals surface area contributed by atoms with E-state index in [1.807, 2.05) is 48.5 Å². The van der Waals surface area contributed by atoms with Crippen molar-refractivity contribution in [2.24, 2.45) is 0 Å². The van der Waals surface area contributed by atoms with E-state index >= 15 is 0 Å². The molecule has 0 fully saturated rings. The van der Waals surface area contributed by atoms with Crippen LogP contribution in [-0.4, -0.2) is 13.9 Å². The summed E-state index contributed by atoms with van der Waals surface area (Å²) in [4.78, 5) is 12.9. The molecule has 3 aromatic carbocycles. The number of hydrogen-bond acceptors (Lipinski definition) is 1. The fourth-order valence-electron chi connectivity index (χ4n) is 3.38. The number of ketones is 1. The van der Waals surface area contributed by atoms with Crippen LogP contribution in [-0.2, 0) is 0 Å². The van der Waals surface area contributed by atoms with E-state index in [0.29, 0.717) is 6.42 Å². The van der Waals surface area contributed by atoms with Gasteiger partial charge in [-0.25, -0.2) is 0 Å². The molecule has 0 N–H and O–H groups in total. The zero-order valence-electron chi connectivity index (χ0n) is 16.0. The number of Topliss-reactive ketones (excluding diaryl/α,β-unsaturated/α-hetero) is 1. The molecule has 0 heterocycles. The average Bonchev–Trinajstić information content (AvgIpc) is 2.73. The number of carbonyl (C=O) groups excluding carboxylic acids is 1. The first-order chi connectivity index (χ1) is 13.1. The Kier molecular flexibility index (Phi) is 6.20. The second kappa shape index (κ2) is 8.78. The fraction of sp³-hybridized carbons (Fsp3) is 0.160. The van der Waals surface area contributed by atoms with E-state index in [9.17, 15) is 4.79 Å². The molecule has 27 heavy (non-hydrogen) atoms.